The largest absolute Gasteiger partial charge is 0.355 e. The molecule has 0 fully saturated rings. The van der Waals surface area contributed by atoms with E-state index >= 15 is 0 Å². The molecule has 0 bridgehead atoms. The number of nitrogens with one attached hydrogen (secondary N) is 3. The summed E-state index contributed by atoms with van der Waals surface area (Å²) in [4.78, 5) is 29.5. The molecular weight excluding hydrogens is 416 g/mol. The fourth-order valence-corrected chi connectivity index (χ4v) is 4.54. The molecule has 9 heteroatoms. The molecule has 3 N–H and O–H groups in total. The fraction of sp³-hybridized carbons (Fsp3) is 0.318. The highest BCUT2D eigenvalue weighted by Gasteiger charge is 2.33. The quantitative estimate of drug-likeness (QED) is 0.606. The van der Waals surface area contributed by atoms with Crippen molar-refractivity contribution in [3.63, 3.8) is 0 Å². The van der Waals surface area contributed by atoms with Crippen molar-refractivity contribution in [1.29, 1.82) is 0 Å². The smallest absolute Gasteiger partial charge is 0.263 e. The maximum Gasteiger partial charge on any atom is 0.263 e. The zero-order chi connectivity index (χ0) is 22.6. The molecule has 0 aromatic heterocycles. The summed E-state index contributed by atoms with van der Waals surface area (Å²) in [6.07, 6.45) is 0.690. The zero-order valence-electron chi connectivity index (χ0n) is 17.7. The van der Waals surface area contributed by atoms with E-state index in [2.05, 4.69) is 20.3 Å². The van der Waals surface area contributed by atoms with Crippen molar-refractivity contribution in [2.24, 2.45) is 10.9 Å². The molecule has 2 atom stereocenters. The summed E-state index contributed by atoms with van der Waals surface area (Å²) in [5.41, 5.74) is 1.74. The summed E-state index contributed by atoms with van der Waals surface area (Å²) in [5, 5.41) is 5.43. The Kier molecular flexibility index (Phi) is 6.74. The number of nitrogens with zero attached hydrogens (tertiary/aromatic N) is 1. The van der Waals surface area contributed by atoms with Gasteiger partial charge in [-0.05, 0) is 35.7 Å². The highest BCUT2D eigenvalue weighted by atomic mass is 32.2. The van der Waals surface area contributed by atoms with Crippen LogP contribution in [-0.2, 0) is 21.4 Å². The summed E-state index contributed by atoms with van der Waals surface area (Å²) in [6.45, 7) is 4.07. The molecule has 0 saturated carbocycles. The van der Waals surface area contributed by atoms with E-state index in [-0.39, 0.29) is 35.0 Å². The average Bonchev–Trinajstić information content (AvgIpc) is 3.05. The Morgan fingerprint density at radius 1 is 1.13 bits per heavy atom. The van der Waals surface area contributed by atoms with Crippen LogP contribution in [0.5, 0.6) is 0 Å². The van der Waals surface area contributed by atoms with Crippen molar-refractivity contribution < 1.29 is 18.0 Å². The van der Waals surface area contributed by atoms with Crippen LogP contribution in [0, 0.1) is 5.92 Å². The number of aliphatic imine (C=N–C) groups is 1. The minimum Gasteiger partial charge on any atom is -0.355 e. The SMILES string of the molecule is CC[C@H](C)[C@H](N=C1NS(=O)(=O)c2ccccc21)C(=O)NCc1cccc(C(=O)NC)c1. The lowest BCUT2D eigenvalue weighted by Gasteiger charge is -2.19. The molecule has 1 heterocycles. The minimum atomic E-state index is -3.68. The molecular formula is C22H26N4O4S. The van der Waals surface area contributed by atoms with E-state index in [0.29, 0.717) is 17.5 Å². The highest BCUT2D eigenvalue weighted by Crippen LogP contribution is 2.24. The number of carbonyl (C=O) groups is 2. The normalized spacial score (nSPS) is 17.3. The molecule has 0 saturated heterocycles. The van der Waals surface area contributed by atoms with Crippen LogP contribution >= 0.6 is 0 Å². The second kappa shape index (κ2) is 9.30. The van der Waals surface area contributed by atoms with Crippen LogP contribution in [0.15, 0.2) is 58.4 Å². The first-order valence-corrected chi connectivity index (χ1v) is 11.5. The molecule has 8 nitrogen and oxygen atoms in total. The number of benzene rings is 2. The summed E-state index contributed by atoms with van der Waals surface area (Å²) in [7, 11) is -2.12. The van der Waals surface area contributed by atoms with E-state index in [1.54, 1.807) is 43.4 Å². The Morgan fingerprint density at radius 3 is 2.58 bits per heavy atom. The number of hydrogen-bond acceptors (Lipinski definition) is 5. The van der Waals surface area contributed by atoms with E-state index in [1.807, 2.05) is 19.9 Å². The second-order valence-corrected chi connectivity index (χ2v) is 9.06. The lowest BCUT2D eigenvalue weighted by atomic mass is 9.98. The third-order valence-corrected chi connectivity index (χ3v) is 6.66. The van der Waals surface area contributed by atoms with Crippen LogP contribution in [0.25, 0.3) is 0 Å². The van der Waals surface area contributed by atoms with Gasteiger partial charge in [-0.15, -0.1) is 0 Å². The second-order valence-electron chi connectivity index (χ2n) is 7.41. The Hall–Kier alpha value is -3.20. The van der Waals surface area contributed by atoms with E-state index in [1.165, 1.54) is 6.07 Å². The van der Waals surface area contributed by atoms with Gasteiger partial charge in [-0.3, -0.25) is 19.3 Å². The van der Waals surface area contributed by atoms with Crippen molar-refractivity contribution in [2.45, 2.75) is 37.8 Å². The number of carbonyl (C=O) groups excluding carboxylic acids is 2. The van der Waals surface area contributed by atoms with Gasteiger partial charge < -0.3 is 10.6 Å². The molecule has 2 aromatic rings. The molecule has 3 rings (SSSR count). The van der Waals surface area contributed by atoms with Crippen LogP contribution in [0.2, 0.25) is 0 Å². The predicted octanol–water partition coefficient (Wildman–Crippen LogP) is 1.82. The summed E-state index contributed by atoms with van der Waals surface area (Å²) in [5.74, 6) is -0.445. The van der Waals surface area contributed by atoms with E-state index in [4.69, 9.17) is 0 Å². The molecule has 2 aromatic carbocycles. The van der Waals surface area contributed by atoms with Crippen molar-refractivity contribution in [2.75, 3.05) is 7.05 Å². The van der Waals surface area contributed by atoms with Crippen LogP contribution in [0.1, 0.15) is 41.8 Å². The van der Waals surface area contributed by atoms with Gasteiger partial charge in [0.25, 0.3) is 15.9 Å². The Labute approximate surface area is 182 Å². The van der Waals surface area contributed by atoms with Gasteiger partial charge in [-0.1, -0.05) is 44.5 Å². The molecule has 0 aliphatic carbocycles. The standard InChI is InChI=1S/C22H26N4O4S/c1-4-14(2)19(25-20-17-10-5-6-11-18(17)31(29,30)26-20)22(28)24-13-15-8-7-9-16(12-15)21(27)23-3/h5-12,14,19H,4,13H2,1-3H3,(H,23,27)(H,24,28)(H,25,26)/t14-,19-/m0/s1. The van der Waals surface area contributed by atoms with Crippen molar-refractivity contribution in [3.8, 4) is 0 Å². The first-order chi connectivity index (χ1) is 14.8. The number of sulfonamides is 1. The van der Waals surface area contributed by atoms with Gasteiger partial charge in [0.2, 0.25) is 5.91 Å². The van der Waals surface area contributed by atoms with E-state index in [9.17, 15) is 18.0 Å². The van der Waals surface area contributed by atoms with Gasteiger partial charge in [0, 0.05) is 24.7 Å². The lowest BCUT2D eigenvalue weighted by Crippen LogP contribution is -2.39. The van der Waals surface area contributed by atoms with Crippen LogP contribution in [-0.4, -0.2) is 39.2 Å². The topological polar surface area (TPSA) is 117 Å². The minimum absolute atomic E-state index is 0.109. The van der Waals surface area contributed by atoms with Crippen molar-refractivity contribution >= 4 is 27.7 Å². The molecule has 31 heavy (non-hydrogen) atoms. The maximum absolute atomic E-state index is 13.0. The lowest BCUT2D eigenvalue weighted by molar-refractivity contribution is -0.123. The molecule has 0 radical (unpaired) electrons. The predicted molar refractivity (Wildman–Crippen MR) is 118 cm³/mol. The Bertz CT molecular complexity index is 1130. The van der Waals surface area contributed by atoms with Crippen LogP contribution in [0.3, 0.4) is 0 Å². The summed E-state index contributed by atoms with van der Waals surface area (Å²) >= 11 is 0. The first-order valence-electron chi connectivity index (χ1n) is 10.1. The van der Waals surface area contributed by atoms with Crippen LogP contribution in [0.4, 0.5) is 0 Å². The van der Waals surface area contributed by atoms with Gasteiger partial charge in [0.05, 0.1) is 4.90 Å². The third kappa shape index (κ3) is 4.93. The number of rotatable bonds is 7. The van der Waals surface area contributed by atoms with Gasteiger partial charge in [0.1, 0.15) is 11.9 Å². The molecule has 2 amide bonds. The van der Waals surface area contributed by atoms with Gasteiger partial charge >= 0.3 is 0 Å². The van der Waals surface area contributed by atoms with Gasteiger partial charge in [0.15, 0.2) is 0 Å². The van der Waals surface area contributed by atoms with E-state index < -0.39 is 16.1 Å². The van der Waals surface area contributed by atoms with Gasteiger partial charge in [-0.2, -0.15) is 0 Å². The molecule has 164 valence electrons. The van der Waals surface area contributed by atoms with Crippen molar-refractivity contribution in [3.05, 3.63) is 65.2 Å². The Balaban J connectivity index is 1.82. The number of amides is 2. The third-order valence-electron chi connectivity index (χ3n) is 5.27. The first kappa shape index (κ1) is 22.5. The fourth-order valence-electron chi connectivity index (χ4n) is 3.30. The monoisotopic (exact) mass is 442 g/mol. The number of hydrogen-bond donors (Lipinski definition) is 3. The van der Waals surface area contributed by atoms with Gasteiger partial charge in [-0.25, -0.2) is 8.42 Å². The summed E-state index contributed by atoms with van der Waals surface area (Å²) < 4.78 is 27.2. The highest BCUT2D eigenvalue weighted by molar-refractivity contribution is 7.90. The zero-order valence-corrected chi connectivity index (χ0v) is 18.5. The van der Waals surface area contributed by atoms with Crippen LogP contribution < -0.4 is 15.4 Å². The molecule has 0 spiro atoms. The maximum atomic E-state index is 13.0. The molecule has 1 aliphatic heterocycles. The van der Waals surface area contributed by atoms with E-state index in [0.717, 1.165) is 5.56 Å². The number of fused-ring (bicyclic) bond motifs is 1. The molecule has 0 unspecified atom stereocenters. The summed E-state index contributed by atoms with van der Waals surface area (Å²) in [6, 6.07) is 12.8. The molecule has 1 aliphatic rings. The Morgan fingerprint density at radius 2 is 1.87 bits per heavy atom. The average molecular weight is 443 g/mol. The van der Waals surface area contributed by atoms with Crippen molar-refractivity contribution in [1.82, 2.24) is 15.4 Å². The number of amidine groups is 1.